The van der Waals surface area contributed by atoms with E-state index in [4.69, 9.17) is 4.74 Å². The Morgan fingerprint density at radius 2 is 2.00 bits per heavy atom. The number of rotatable bonds is 5. The molecule has 0 atom stereocenters. The van der Waals surface area contributed by atoms with Crippen molar-refractivity contribution < 1.29 is 9.53 Å². The molecule has 21 heavy (non-hydrogen) atoms. The van der Waals surface area contributed by atoms with Crippen LogP contribution in [0.3, 0.4) is 0 Å². The minimum Gasteiger partial charge on any atom is -0.496 e. The molecular formula is C17H19NO2S. The number of ether oxygens (including phenoxy) is 1. The standard InChI is InChI=1S/C17H19NO2S/c1-11-10-18-14(12(2)17(11)20-3)9-15(19)13-7-5-6-8-16(13)21-4/h5-8,10H,9H2,1-4H3. The number of aromatic nitrogens is 1. The van der Waals surface area contributed by atoms with E-state index in [-0.39, 0.29) is 5.78 Å². The first-order valence-electron chi connectivity index (χ1n) is 6.73. The Hall–Kier alpha value is -1.81. The molecule has 0 unspecified atom stereocenters. The van der Waals surface area contributed by atoms with Crippen molar-refractivity contribution in [3.05, 3.63) is 52.8 Å². The molecule has 0 aliphatic rings. The Kier molecular flexibility index (Phi) is 5.02. The van der Waals surface area contributed by atoms with Gasteiger partial charge in [-0.05, 0) is 26.2 Å². The van der Waals surface area contributed by atoms with Crippen LogP contribution in [0, 0.1) is 13.8 Å². The van der Waals surface area contributed by atoms with Crippen molar-refractivity contribution in [2.45, 2.75) is 25.2 Å². The minimum atomic E-state index is 0.0847. The van der Waals surface area contributed by atoms with Gasteiger partial charge in [-0.3, -0.25) is 9.78 Å². The maximum atomic E-state index is 12.5. The van der Waals surface area contributed by atoms with Crippen molar-refractivity contribution in [2.24, 2.45) is 0 Å². The molecule has 0 bridgehead atoms. The van der Waals surface area contributed by atoms with Gasteiger partial charge in [-0.15, -0.1) is 11.8 Å². The minimum absolute atomic E-state index is 0.0847. The zero-order chi connectivity index (χ0) is 15.4. The molecule has 0 N–H and O–H groups in total. The molecule has 4 heteroatoms. The molecule has 1 aromatic heterocycles. The van der Waals surface area contributed by atoms with Crippen LogP contribution >= 0.6 is 11.8 Å². The van der Waals surface area contributed by atoms with Crippen molar-refractivity contribution in [1.82, 2.24) is 4.98 Å². The second kappa shape index (κ2) is 6.76. The van der Waals surface area contributed by atoms with E-state index in [2.05, 4.69) is 4.98 Å². The van der Waals surface area contributed by atoms with Crippen molar-refractivity contribution in [3.63, 3.8) is 0 Å². The lowest BCUT2D eigenvalue weighted by atomic mass is 10.0. The molecule has 0 fully saturated rings. The number of nitrogens with zero attached hydrogens (tertiary/aromatic N) is 1. The first-order valence-corrected chi connectivity index (χ1v) is 7.96. The summed E-state index contributed by atoms with van der Waals surface area (Å²) in [6.07, 6.45) is 4.03. The molecule has 0 amide bonds. The average Bonchev–Trinajstić information content (AvgIpc) is 2.50. The molecule has 0 saturated heterocycles. The largest absolute Gasteiger partial charge is 0.496 e. The van der Waals surface area contributed by atoms with E-state index >= 15 is 0 Å². The molecule has 0 aliphatic heterocycles. The zero-order valence-corrected chi connectivity index (χ0v) is 13.6. The summed E-state index contributed by atoms with van der Waals surface area (Å²) >= 11 is 1.58. The molecule has 0 radical (unpaired) electrons. The lowest BCUT2D eigenvalue weighted by molar-refractivity contribution is 0.0989. The van der Waals surface area contributed by atoms with Gasteiger partial charge in [-0.1, -0.05) is 18.2 Å². The highest BCUT2D eigenvalue weighted by Gasteiger charge is 2.16. The lowest BCUT2D eigenvalue weighted by Crippen LogP contribution is -2.09. The quantitative estimate of drug-likeness (QED) is 0.621. The monoisotopic (exact) mass is 301 g/mol. The fourth-order valence-corrected chi connectivity index (χ4v) is 2.99. The molecule has 0 aliphatic carbocycles. The Bertz CT molecular complexity index is 668. The number of carbonyl (C=O) groups is 1. The molecular weight excluding hydrogens is 282 g/mol. The Balaban J connectivity index is 2.32. The number of hydrogen-bond acceptors (Lipinski definition) is 4. The summed E-state index contributed by atoms with van der Waals surface area (Å²) in [5.41, 5.74) is 3.45. The van der Waals surface area contributed by atoms with Gasteiger partial charge in [0, 0.05) is 27.8 Å². The number of thioether (sulfide) groups is 1. The fraction of sp³-hybridized carbons (Fsp3) is 0.294. The summed E-state index contributed by atoms with van der Waals surface area (Å²) < 4.78 is 5.39. The van der Waals surface area contributed by atoms with Crippen molar-refractivity contribution in [1.29, 1.82) is 0 Å². The molecule has 1 aromatic carbocycles. The second-order valence-electron chi connectivity index (χ2n) is 4.85. The first-order chi connectivity index (χ1) is 10.1. The SMILES string of the molecule is COc1c(C)cnc(CC(=O)c2ccccc2SC)c1C. The van der Waals surface area contributed by atoms with Gasteiger partial charge >= 0.3 is 0 Å². The van der Waals surface area contributed by atoms with E-state index < -0.39 is 0 Å². The van der Waals surface area contributed by atoms with Crippen LogP contribution in [0.2, 0.25) is 0 Å². The molecule has 110 valence electrons. The van der Waals surface area contributed by atoms with Gasteiger partial charge in [-0.2, -0.15) is 0 Å². The Labute approximate surface area is 129 Å². The number of Topliss-reactive ketones (excluding diaryl/α,β-unsaturated/α-hetero) is 1. The van der Waals surface area contributed by atoms with E-state index in [1.54, 1.807) is 25.1 Å². The zero-order valence-electron chi connectivity index (χ0n) is 12.8. The van der Waals surface area contributed by atoms with Gasteiger partial charge < -0.3 is 4.74 Å². The second-order valence-corrected chi connectivity index (χ2v) is 5.69. The van der Waals surface area contributed by atoms with Crippen LogP contribution in [0.1, 0.15) is 27.2 Å². The maximum Gasteiger partial charge on any atom is 0.169 e. The number of aryl methyl sites for hydroxylation is 1. The van der Waals surface area contributed by atoms with Crippen LogP contribution in [0.5, 0.6) is 5.75 Å². The van der Waals surface area contributed by atoms with Gasteiger partial charge in [0.15, 0.2) is 5.78 Å². The van der Waals surface area contributed by atoms with Gasteiger partial charge in [0.05, 0.1) is 19.2 Å². The average molecular weight is 301 g/mol. The van der Waals surface area contributed by atoms with E-state index in [1.165, 1.54) is 0 Å². The summed E-state index contributed by atoms with van der Waals surface area (Å²) in [6, 6.07) is 7.67. The third kappa shape index (κ3) is 3.27. The molecule has 3 nitrogen and oxygen atoms in total. The highest BCUT2D eigenvalue weighted by atomic mass is 32.2. The summed E-state index contributed by atoms with van der Waals surface area (Å²) in [5.74, 6) is 0.896. The van der Waals surface area contributed by atoms with E-state index in [1.807, 2.05) is 44.4 Å². The van der Waals surface area contributed by atoms with Crippen LogP contribution in [-0.4, -0.2) is 24.1 Å². The number of pyridine rings is 1. The molecule has 0 spiro atoms. The third-order valence-corrected chi connectivity index (χ3v) is 4.28. The summed E-state index contributed by atoms with van der Waals surface area (Å²) in [7, 11) is 1.64. The smallest absolute Gasteiger partial charge is 0.169 e. The number of hydrogen-bond donors (Lipinski definition) is 0. The fourth-order valence-electron chi connectivity index (χ4n) is 2.37. The normalized spacial score (nSPS) is 10.5. The van der Waals surface area contributed by atoms with Crippen molar-refractivity contribution >= 4 is 17.5 Å². The van der Waals surface area contributed by atoms with E-state index in [0.29, 0.717) is 6.42 Å². The predicted octanol–water partition coefficient (Wildman–Crippen LogP) is 3.85. The van der Waals surface area contributed by atoms with E-state index in [0.717, 1.165) is 33.0 Å². The Morgan fingerprint density at radius 3 is 2.67 bits per heavy atom. The maximum absolute atomic E-state index is 12.5. The molecule has 0 saturated carbocycles. The number of carbonyl (C=O) groups excluding carboxylic acids is 1. The number of methoxy groups -OCH3 is 1. The third-order valence-electron chi connectivity index (χ3n) is 3.49. The number of ketones is 1. The lowest BCUT2D eigenvalue weighted by Gasteiger charge is -2.12. The van der Waals surface area contributed by atoms with Crippen LogP contribution in [0.4, 0.5) is 0 Å². The van der Waals surface area contributed by atoms with Crippen LogP contribution < -0.4 is 4.74 Å². The van der Waals surface area contributed by atoms with Crippen LogP contribution in [0.25, 0.3) is 0 Å². The summed E-state index contributed by atoms with van der Waals surface area (Å²) in [5, 5.41) is 0. The highest BCUT2D eigenvalue weighted by Crippen LogP contribution is 2.26. The van der Waals surface area contributed by atoms with Gasteiger partial charge in [0.25, 0.3) is 0 Å². The summed E-state index contributed by atoms with van der Waals surface area (Å²) in [4.78, 5) is 17.9. The van der Waals surface area contributed by atoms with Gasteiger partial charge in [-0.25, -0.2) is 0 Å². The van der Waals surface area contributed by atoms with Crippen LogP contribution in [-0.2, 0) is 6.42 Å². The predicted molar refractivity (Wildman–Crippen MR) is 86.5 cm³/mol. The number of benzene rings is 1. The first kappa shape index (κ1) is 15.6. The van der Waals surface area contributed by atoms with Gasteiger partial charge in [0.1, 0.15) is 5.75 Å². The van der Waals surface area contributed by atoms with Crippen LogP contribution in [0.15, 0.2) is 35.4 Å². The van der Waals surface area contributed by atoms with Crippen molar-refractivity contribution in [2.75, 3.05) is 13.4 Å². The molecule has 2 rings (SSSR count). The molecule has 1 heterocycles. The molecule has 2 aromatic rings. The highest BCUT2D eigenvalue weighted by molar-refractivity contribution is 7.98. The van der Waals surface area contributed by atoms with Crippen molar-refractivity contribution in [3.8, 4) is 5.75 Å². The van der Waals surface area contributed by atoms with Gasteiger partial charge in [0.2, 0.25) is 0 Å². The Morgan fingerprint density at radius 1 is 1.29 bits per heavy atom. The van der Waals surface area contributed by atoms with E-state index in [9.17, 15) is 4.79 Å². The summed E-state index contributed by atoms with van der Waals surface area (Å²) in [6.45, 7) is 3.90. The topological polar surface area (TPSA) is 39.2 Å².